The van der Waals surface area contributed by atoms with Gasteiger partial charge >= 0.3 is 0 Å². The molecule has 0 fully saturated rings. The average Bonchev–Trinajstić information content (AvgIpc) is 2.40. The van der Waals surface area contributed by atoms with Gasteiger partial charge in [-0.25, -0.2) is 0 Å². The maximum absolute atomic E-state index is 8.06. The topological polar surface area (TPSA) is 45.6 Å². The van der Waals surface area contributed by atoms with Crippen LogP contribution < -0.4 is 9.47 Å². The minimum atomic E-state index is 0.613. The molecule has 0 aliphatic rings. The van der Waals surface area contributed by atoms with Crippen LogP contribution in [0.3, 0.4) is 0 Å². The van der Waals surface area contributed by atoms with Crippen LogP contribution in [0.2, 0.25) is 0 Å². The number of nitrogens with zero attached hydrogens (tertiary/aromatic N) is 1. The number of hydrogen-bond donors (Lipinski definition) is 1. The molecule has 1 aromatic carbocycles. The largest absolute Gasteiger partial charge is 0.493 e. The Hall–Kier alpha value is -1.71. The lowest BCUT2D eigenvalue weighted by Crippen LogP contribution is -2.31. The Kier molecular flexibility index (Phi) is 5.49. The van der Waals surface area contributed by atoms with Crippen LogP contribution in [0.5, 0.6) is 11.5 Å². The van der Waals surface area contributed by atoms with E-state index in [0.717, 1.165) is 24.4 Å². The summed E-state index contributed by atoms with van der Waals surface area (Å²) in [6.45, 7) is 5.85. The number of benzene rings is 1. The lowest BCUT2D eigenvalue weighted by Gasteiger charge is -2.21. The van der Waals surface area contributed by atoms with Gasteiger partial charge in [0.15, 0.2) is 11.5 Å². The predicted molar refractivity (Wildman–Crippen MR) is 73.9 cm³/mol. The summed E-state index contributed by atoms with van der Waals surface area (Å²) in [6.07, 6.45) is 0.613. The van der Waals surface area contributed by atoms with Gasteiger partial charge in [-0.3, -0.25) is 5.41 Å². The first kappa shape index (κ1) is 14.4. The minimum Gasteiger partial charge on any atom is -0.493 e. The van der Waals surface area contributed by atoms with Crippen molar-refractivity contribution >= 4 is 5.84 Å². The highest BCUT2D eigenvalue weighted by Crippen LogP contribution is 2.27. The van der Waals surface area contributed by atoms with Gasteiger partial charge in [0, 0.05) is 19.5 Å². The average molecular weight is 250 g/mol. The molecule has 1 N–H and O–H groups in total. The number of methoxy groups -OCH3 is 2. The lowest BCUT2D eigenvalue weighted by molar-refractivity contribution is 0.354. The van der Waals surface area contributed by atoms with E-state index in [1.807, 2.05) is 23.1 Å². The molecule has 4 nitrogen and oxygen atoms in total. The van der Waals surface area contributed by atoms with Gasteiger partial charge in [0.25, 0.3) is 0 Å². The summed E-state index contributed by atoms with van der Waals surface area (Å²) < 4.78 is 10.5. The molecular weight excluding hydrogens is 228 g/mol. The Bertz CT molecular complexity index is 401. The summed E-state index contributed by atoms with van der Waals surface area (Å²) in [5.74, 6) is 2.06. The van der Waals surface area contributed by atoms with Crippen molar-refractivity contribution in [3.63, 3.8) is 0 Å². The molecule has 1 rings (SSSR count). The molecule has 0 bridgehead atoms. The highest BCUT2D eigenvalue weighted by Gasteiger charge is 2.09. The van der Waals surface area contributed by atoms with Crippen molar-refractivity contribution in [1.82, 2.24) is 4.90 Å². The first-order chi connectivity index (χ1) is 8.65. The van der Waals surface area contributed by atoms with Gasteiger partial charge in [0.1, 0.15) is 5.84 Å². The molecule has 0 aromatic heterocycles. The first-order valence-electron chi connectivity index (χ1n) is 6.19. The summed E-state index contributed by atoms with van der Waals surface area (Å²) in [5, 5.41) is 8.06. The number of ether oxygens (including phenoxy) is 2. The van der Waals surface area contributed by atoms with Gasteiger partial charge in [-0.2, -0.15) is 0 Å². The Labute approximate surface area is 109 Å². The van der Waals surface area contributed by atoms with Crippen LogP contribution in [0.15, 0.2) is 18.2 Å². The van der Waals surface area contributed by atoms with Gasteiger partial charge in [-0.15, -0.1) is 0 Å². The maximum Gasteiger partial charge on any atom is 0.161 e. The second kappa shape index (κ2) is 6.89. The van der Waals surface area contributed by atoms with Gasteiger partial charge in [-0.1, -0.05) is 6.07 Å². The lowest BCUT2D eigenvalue weighted by atomic mass is 10.1. The van der Waals surface area contributed by atoms with Crippen LogP contribution in [0, 0.1) is 5.41 Å². The Morgan fingerprint density at radius 1 is 1.11 bits per heavy atom. The summed E-state index contributed by atoms with van der Waals surface area (Å²) in [6, 6.07) is 5.78. The number of amidine groups is 1. The van der Waals surface area contributed by atoms with E-state index in [0.29, 0.717) is 18.0 Å². The molecule has 0 spiro atoms. The van der Waals surface area contributed by atoms with Gasteiger partial charge in [-0.05, 0) is 31.5 Å². The van der Waals surface area contributed by atoms with Crippen LogP contribution in [0.4, 0.5) is 0 Å². The Morgan fingerprint density at radius 3 is 2.22 bits per heavy atom. The molecule has 100 valence electrons. The van der Waals surface area contributed by atoms with Crippen LogP contribution in [0.25, 0.3) is 0 Å². The number of likely N-dealkylation sites (N-methyl/N-ethyl adjacent to an activating group) is 1. The number of hydrogen-bond acceptors (Lipinski definition) is 3. The van der Waals surface area contributed by atoms with E-state index in [9.17, 15) is 0 Å². The molecule has 0 aliphatic heterocycles. The number of nitrogens with one attached hydrogen (secondary N) is 1. The standard InChI is InChI=1S/C14H22N2O2/c1-5-16(6-2)14(15)10-11-7-8-12(17-3)13(9-11)18-4/h7-9,15H,5-6,10H2,1-4H3. The quantitative estimate of drug-likeness (QED) is 0.623. The van der Waals surface area contributed by atoms with Crippen LogP contribution in [-0.2, 0) is 6.42 Å². The normalized spacial score (nSPS) is 10.0. The molecule has 0 radical (unpaired) electrons. The molecule has 1 aromatic rings. The number of rotatable bonds is 6. The van der Waals surface area contributed by atoms with E-state index in [2.05, 4.69) is 13.8 Å². The van der Waals surface area contributed by atoms with Crippen molar-refractivity contribution in [2.75, 3.05) is 27.3 Å². The second-order valence-corrected chi connectivity index (χ2v) is 3.99. The highest BCUT2D eigenvalue weighted by atomic mass is 16.5. The third kappa shape index (κ3) is 3.39. The van der Waals surface area contributed by atoms with E-state index < -0.39 is 0 Å². The van der Waals surface area contributed by atoms with Crippen molar-refractivity contribution in [3.8, 4) is 11.5 Å². The molecule has 0 unspecified atom stereocenters. The molecule has 0 heterocycles. The fourth-order valence-corrected chi connectivity index (χ4v) is 1.90. The van der Waals surface area contributed by atoms with Gasteiger partial charge in [0.05, 0.1) is 14.2 Å². The van der Waals surface area contributed by atoms with E-state index in [4.69, 9.17) is 14.9 Å². The van der Waals surface area contributed by atoms with Crippen molar-refractivity contribution in [2.45, 2.75) is 20.3 Å². The van der Waals surface area contributed by atoms with E-state index >= 15 is 0 Å². The molecule has 4 heteroatoms. The van der Waals surface area contributed by atoms with E-state index in [1.165, 1.54) is 0 Å². The van der Waals surface area contributed by atoms with Crippen molar-refractivity contribution in [3.05, 3.63) is 23.8 Å². The third-order valence-corrected chi connectivity index (χ3v) is 2.96. The third-order valence-electron chi connectivity index (χ3n) is 2.96. The first-order valence-corrected chi connectivity index (χ1v) is 6.19. The highest BCUT2D eigenvalue weighted by molar-refractivity contribution is 5.81. The molecular formula is C14H22N2O2. The fraction of sp³-hybridized carbons (Fsp3) is 0.500. The van der Waals surface area contributed by atoms with Crippen molar-refractivity contribution < 1.29 is 9.47 Å². The zero-order valence-corrected chi connectivity index (χ0v) is 11.6. The monoisotopic (exact) mass is 250 g/mol. The Morgan fingerprint density at radius 2 is 1.72 bits per heavy atom. The van der Waals surface area contributed by atoms with E-state index in [-0.39, 0.29) is 0 Å². The fourth-order valence-electron chi connectivity index (χ4n) is 1.90. The van der Waals surface area contributed by atoms with Crippen molar-refractivity contribution in [1.29, 1.82) is 5.41 Å². The maximum atomic E-state index is 8.06. The molecule has 18 heavy (non-hydrogen) atoms. The van der Waals surface area contributed by atoms with Crippen molar-refractivity contribution in [2.24, 2.45) is 0 Å². The second-order valence-electron chi connectivity index (χ2n) is 3.99. The van der Waals surface area contributed by atoms with Gasteiger partial charge < -0.3 is 14.4 Å². The zero-order chi connectivity index (χ0) is 13.5. The summed E-state index contributed by atoms with van der Waals surface area (Å²) in [5.41, 5.74) is 1.06. The molecule has 0 saturated carbocycles. The van der Waals surface area contributed by atoms with Crippen LogP contribution in [0.1, 0.15) is 19.4 Å². The minimum absolute atomic E-state index is 0.613. The summed E-state index contributed by atoms with van der Waals surface area (Å²) >= 11 is 0. The zero-order valence-electron chi connectivity index (χ0n) is 11.6. The Balaban J connectivity index is 2.82. The summed E-state index contributed by atoms with van der Waals surface area (Å²) in [4.78, 5) is 2.04. The molecule has 0 aliphatic carbocycles. The SMILES string of the molecule is CCN(CC)C(=N)Cc1ccc(OC)c(OC)c1. The molecule has 0 atom stereocenters. The smallest absolute Gasteiger partial charge is 0.161 e. The predicted octanol–water partition coefficient (Wildman–Crippen LogP) is 2.57. The van der Waals surface area contributed by atoms with E-state index in [1.54, 1.807) is 14.2 Å². The summed E-state index contributed by atoms with van der Waals surface area (Å²) in [7, 11) is 3.24. The van der Waals surface area contributed by atoms with Gasteiger partial charge in [0.2, 0.25) is 0 Å². The molecule has 0 saturated heterocycles. The molecule has 0 amide bonds. The van der Waals surface area contributed by atoms with Crippen LogP contribution in [-0.4, -0.2) is 38.0 Å². The van der Waals surface area contributed by atoms with Crippen LogP contribution >= 0.6 is 0 Å².